The molecule has 1 rings (SSSR count). The van der Waals surface area contributed by atoms with E-state index in [0.29, 0.717) is 15.9 Å². The molecule has 1 aromatic heterocycles. The molecule has 0 fully saturated rings. The summed E-state index contributed by atoms with van der Waals surface area (Å²) in [5.74, 6) is -0.315. The summed E-state index contributed by atoms with van der Waals surface area (Å²) in [4.78, 5) is 14.8. The molecular weight excluding hydrogens is 236 g/mol. The lowest BCUT2D eigenvalue weighted by atomic mass is 10.2. The van der Waals surface area contributed by atoms with Gasteiger partial charge in [0, 0.05) is 6.20 Å². The van der Waals surface area contributed by atoms with Crippen molar-refractivity contribution in [2.24, 2.45) is 0 Å². The highest BCUT2D eigenvalue weighted by Crippen LogP contribution is 2.20. The number of esters is 1. The number of rotatable bonds is 2. The van der Waals surface area contributed by atoms with E-state index in [1.165, 1.54) is 7.11 Å². The summed E-state index contributed by atoms with van der Waals surface area (Å²) < 4.78 is 5.07. The van der Waals surface area contributed by atoms with Crippen LogP contribution in [0.25, 0.3) is 0 Å². The maximum absolute atomic E-state index is 10.9. The molecule has 0 aliphatic carbocycles. The van der Waals surface area contributed by atoms with Gasteiger partial charge in [-0.05, 0) is 27.6 Å². The van der Waals surface area contributed by atoms with E-state index in [-0.39, 0.29) is 12.4 Å². The molecule has 0 aliphatic heterocycles. The number of nitrogen functional groups attached to an aromatic ring is 1. The average molecular weight is 245 g/mol. The second kappa shape index (κ2) is 4.23. The first kappa shape index (κ1) is 9.98. The third-order valence-corrected chi connectivity index (χ3v) is 2.23. The number of halogens is 1. The Bertz CT molecular complexity index is 328. The number of nitrogens with two attached hydrogens (primary N) is 1. The Morgan fingerprint density at radius 3 is 3.08 bits per heavy atom. The van der Waals surface area contributed by atoms with Gasteiger partial charge in [0.15, 0.2) is 0 Å². The standard InChI is InChI=1S/C8H9BrN2O2/c1-13-6(12)4-5-2-3-11-8(9)7(5)10/h2-3H,4,10H2,1H3. The number of anilines is 1. The smallest absolute Gasteiger partial charge is 0.310 e. The van der Waals surface area contributed by atoms with Crippen LogP contribution in [0.15, 0.2) is 16.9 Å². The Hall–Kier alpha value is -1.10. The zero-order valence-electron chi connectivity index (χ0n) is 7.08. The van der Waals surface area contributed by atoms with Crippen molar-refractivity contribution in [3.63, 3.8) is 0 Å². The van der Waals surface area contributed by atoms with Gasteiger partial charge in [0.1, 0.15) is 4.60 Å². The largest absolute Gasteiger partial charge is 0.469 e. The summed E-state index contributed by atoms with van der Waals surface area (Å²) >= 11 is 3.17. The zero-order chi connectivity index (χ0) is 9.84. The van der Waals surface area contributed by atoms with Gasteiger partial charge in [-0.25, -0.2) is 4.98 Å². The molecule has 1 heterocycles. The Balaban J connectivity index is 2.89. The highest BCUT2D eigenvalue weighted by atomic mass is 79.9. The number of methoxy groups -OCH3 is 1. The topological polar surface area (TPSA) is 65.2 Å². The predicted octanol–water partition coefficient (Wildman–Crippen LogP) is 1.14. The lowest BCUT2D eigenvalue weighted by molar-refractivity contribution is -0.139. The van der Waals surface area contributed by atoms with Crippen LogP contribution < -0.4 is 5.73 Å². The molecule has 1 aromatic rings. The minimum absolute atomic E-state index is 0.170. The number of hydrogen-bond donors (Lipinski definition) is 1. The fraction of sp³-hybridized carbons (Fsp3) is 0.250. The molecule has 4 nitrogen and oxygen atoms in total. The number of aromatic nitrogens is 1. The zero-order valence-corrected chi connectivity index (χ0v) is 8.67. The molecule has 0 bridgehead atoms. The lowest BCUT2D eigenvalue weighted by Gasteiger charge is -2.04. The average Bonchev–Trinajstić information content (AvgIpc) is 2.13. The molecule has 2 N–H and O–H groups in total. The number of ether oxygens (including phenoxy) is 1. The molecule has 0 amide bonds. The van der Waals surface area contributed by atoms with Crippen LogP contribution in [0.2, 0.25) is 0 Å². The Kier molecular flexibility index (Phi) is 3.25. The Morgan fingerprint density at radius 2 is 2.46 bits per heavy atom. The molecule has 0 saturated carbocycles. The molecule has 13 heavy (non-hydrogen) atoms. The summed E-state index contributed by atoms with van der Waals surface area (Å²) in [6.45, 7) is 0. The van der Waals surface area contributed by atoms with Crippen molar-refractivity contribution in [1.82, 2.24) is 4.98 Å². The van der Waals surface area contributed by atoms with Crippen molar-refractivity contribution in [3.8, 4) is 0 Å². The Labute approximate surface area is 84.2 Å². The number of nitrogens with zero attached hydrogens (tertiary/aromatic N) is 1. The first-order valence-corrected chi connectivity index (χ1v) is 4.40. The third kappa shape index (κ3) is 2.42. The summed E-state index contributed by atoms with van der Waals surface area (Å²) in [6.07, 6.45) is 1.75. The van der Waals surface area contributed by atoms with E-state index in [2.05, 4.69) is 25.7 Å². The van der Waals surface area contributed by atoms with Gasteiger partial charge in [0.2, 0.25) is 0 Å². The van der Waals surface area contributed by atoms with Crippen LogP contribution in [0.4, 0.5) is 5.69 Å². The van der Waals surface area contributed by atoms with E-state index in [9.17, 15) is 4.79 Å². The van der Waals surface area contributed by atoms with Gasteiger partial charge in [0.25, 0.3) is 0 Å². The molecule has 0 spiro atoms. The van der Waals surface area contributed by atoms with Crippen LogP contribution in [-0.2, 0) is 16.0 Å². The van der Waals surface area contributed by atoms with Crippen LogP contribution in [0.3, 0.4) is 0 Å². The van der Waals surface area contributed by atoms with Crippen molar-refractivity contribution in [1.29, 1.82) is 0 Å². The first-order valence-electron chi connectivity index (χ1n) is 3.61. The normalized spacial score (nSPS) is 9.69. The number of pyridine rings is 1. The Morgan fingerprint density at radius 1 is 1.77 bits per heavy atom. The van der Waals surface area contributed by atoms with Crippen LogP contribution in [0.5, 0.6) is 0 Å². The fourth-order valence-electron chi connectivity index (χ4n) is 0.866. The van der Waals surface area contributed by atoms with E-state index in [1.807, 2.05) is 0 Å². The van der Waals surface area contributed by atoms with Crippen molar-refractivity contribution < 1.29 is 9.53 Å². The SMILES string of the molecule is COC(=O)Cc1ccnc(Br)c1N. The maximum Gasteiger partial charge on any atom is 0.310 e. The summed E-state index contributed by atoms with van der Waals surface area (Å²) in [7, 11) is 1.34. The van der Waals surface area contributed by atoms with Crippen molar-refractivity contribution in [2.75, 3.05) is 12.8 Å². The number of carbonyl (C=O) groups is 1. The van der Waals surface area contributed by atoms with Gasteiger partial charge in [-0.15, -0.1) is 0 Å². The molecule has 0 aliphatic rings. The third-order valence-electron chi connectivity index (χ3n) is 1.59. The van der Waals surface area contributed by atoms with E-state index < -0.39 is 0 Å². The van der Waals surface area contributed by atoms with Gasteiger partial charge in [-0.2, -0.15) is 0 Å². The van der Waals surface area contributed by atoms with E-state index in [1.54, 1.807) is 12.3 Å². The quantitative estimate of drug-likeness (QED) is 0.626. The summed E-state index contributed by atoms with van der Waals surface area (Å²) in [5, 5.41) is 0. The van der Waals surface area contributed by atoms with Gasteiger partial charge in [-0.1, -0.05) is 0 Å². The first-order chi connectivity index (χ1) is 6.15. The number of carbonyl (C=O) groups excluding carboxylic acids is 1. The molecule has 5 heteroatoms. The predicted molar refractivity (Wildman–Crippen MR) is 52.1 cm³/mol. The second-order valence-electron chi connectivity index (χ2n) is 2.43. The lowest BCUT2D eigenvalue weighted by Crippen LogP contribution is -2.07. The summed E-state index contributed by atoms with van der Waals surface area (Å²) in [6, 6.07) is 1.69. The second-order valence-corrected chi connectivity index (χ2v) is 3.18. The van der Waals surface area contributed by atoms with E-state index in [4.69, 9.17) is 5.73 Å². The fourth-order valence-corrected chi connectivity index (χ4v) is 1.24. The van der Waals surface area contributed by atoms with Crippen LogP contribution in [0.1, 0.15) is 5.56 Å². The van der Waals surface area contributed by atoms with Crippen LogP contribution >= 0.6 is 15.9 Å². The van der Waals surface area contributed by atoms with Gasteiger partial charge >= 0.3 is 5.97 Å². The van der Waals surface area contributed by atoms with Crippen molar-refractivity contribution in [2.45, 2.75) is 6.42 Å². The molecule has 0 aromatic carbocycles. The summed E-state index contributed by atoms with van der Waals surface area (Å²) in [5.41, 5.74) is 6.86. The molecule has 70 valence electrons. The number of hydrogen-bond acceptors (Lipinski definition) is 4. The van der Waals surface area contributed by atoms with Crippen LogP contribution in [0, 0.1) is 0 Å². The van der Waals surface area contributed by atoms with Crippen molar-refractivity contribution in [3.05, 3.63) is 22.4 Å². The maximum atomic E-state index is 10.9. The van der Waals surface area contributed by atoms with Gasteiger partial charge < -0.3 is 10.5 Å². The molecular formula is C8H9BrN2O2. The highest BCUT2D eigenvalue weighted by molar-refractivity contribution is 9.10. The monoisotopic (exact) mass is 244 g/mol. The van der Waals surface area contributed by atoms with Gasteiger partial charge in [0.05, 0.1) is 19.2 Å². The highest BCUT2D eigenvalue weighted by Gasteiger charge is 2.08. The molecule has 0 radical (unpaired) electrons. The minimum atomic E-state index is -0.315. The van der Waals surface area contributed by atoms with Crippen LogP contribution in [-0.4, -0.2) is 18.1 Å². The molecule has 0 unspecified atom stereocenters. The van der Waals surface area contributed by atoms with E-state index >= 15 is 0 Å². The van der Waals surface area contributed by atoms with Crippen molar-refractivity contribution >= 4 is 27.6 Å². The molecule has 0 saturated heterocycles. The van der Waals surface area contributed by atoms with E-state index in [0.717, 1.165) is 0 Å². The van der Waals surface area contributed by atoms with Gasteiger partial charge in [-0.3, -0.25) is 4.79 Å². The molecule has 0 atom stereocenters. The minimum Gasteiger partial charge on any atom is -0.469 e.